The van der Waals surface area contributed by atoms with Crippen LogP contribution in [0.2, 0.25) is 0 Å². The first kappa shape index (κ1) is 12.8. The van der Waals surface area contributed by atoms with Gasteiger partial charge in [-0.25, -0.2) is 0 Å². The molecule has 1 N–H and O–H groups in total. The van der Waals surface area contributed by atoms with Crippen molar-refractivity contribution < 1.29 is 0 Å². The van der Waals surface area contributed by atoms with Gasteiger partial charge in [-0.15, -0.1) is 16.4 Å². The monoisotopic (exact) mass is 295 g/mol. The Hall–Kier alpha value is -1.94. The number of thiophene rings is 1. The molecule has 0 radical (unpaired) electrons. The molecule has 3 nitrogen and oxygen atoms in total. The molecule has 2 aromatic heterocycles. The molecule has 1 aliphatic rings. The Morgan fingerprint density at radius 1 is 1.14 bits per heavy atom. The van der Waals surface area contributed by atoms with Gasteiger partial charge >= 0.3 is 0 Å². The zero-order chi connectivity index (χ0) is 14.2. The number of nitrogens with zero attached hydrogens (tertiary/aromatic N) is 2. The van der Waals surface area contributed by atoms with Crippen molar-refractivity contribution >= 4 is 27.9 Å². The van der Waals surface area contributed by atoms with E-state index in [1.807, 2.05) is 30.4 Å². The third-order valence-electron chi connectivity index (χ3n) is 4.10. The van der Waals surface area contributed by atoms with Crippen molar-refractivity contribution in [1.82, 2.24) is 10.2 Å². The SMILES string of the molecule is Cc1nnc(NCc2cc3c(s2)CCC3)c2ccccc12. The first-order chi connectivity index (χ1) is 10.3. The molecule has 0 saturated carbocycles. The predicted molar refractivity (Wildman–Crippen MR) is 87.9 cm³/mol. The maximum atomic E-state index is 4.33. The van der Waals surface area contributed by atoms with Crippen LogP contribution >= 0.6 is 11.3 Å². The first-order valence-corrected chi connectivity index (χ1v) is 8.19. The van der Waals surface area contributed by atoms with Crippen LogP contribution in [0.25, 0.3) is 10.8 Å². The Bertz CT molecular complexity index is 785. The number of nitrogens with one attached hydrogen (secondary N) is 1. The molecule has 3 aromatic rings. The molecule has 0 amide bonds. The number of benzene rings is 1. The quantitative estimate of drug-likeness (QED) is 0.790. The smallest absolute Gasteiger partial charge is 0.156 e. The lowest BCUT2D eigenvalue weighted by atomic mass is 10.1. The van der Waals surface area contributed by atoms with Gasteiger partial charge in [0.15, 0.2) is 5.82 Å². The Balaban J connectivity index is 1.61. The van der Waals surface area contributed by atoms with Crippen LogP contribution in [0.5, 0.6) is 0 Å². The lowest BCUT2D eigenvalue weighted by molar-refractivity contribution is 0.913. The summed E-state index contributed by atoms with van der Waals surface area (Å²) < 4.78 is 0. The summed E-state index contributed by atoms with van der Waals surface area (Å²) in [6, 6.07) is 10.7. The van der Waals surface area contributed by atoms with Crippen LogP contribution in [0.4, 0.5) is 5.82 Å². The summed E-state index contributed by atoms with van der Waals surface area (Å²) in [5.74, 6) is 0.879. The molecule has 0 unspecified atom stereocenters. The molecule has 2 heterocycles. The summed E-state index contributed by atoms with van der Waals surface area (Å²) in [5, 5.41) is 14.4. The summed E-state index contributed by atoms with van der Waals surface area (Å²) >= 11 is 1.94. The van der Waals surface area contributed by atoms with Crippen molar-refractivity contribution in [3.05, 3.63) is 51.3 Å². The molecule has 0 fully saturated rings. The van der Waals surface area contributed by atoms with E-state index in [0.717, 1.165) is 23.4 Å². The molecule has 21 heavy (non-hydrogen) atoms. The maximum absolute atomic E-state index is 4.33. The molecule has 0 bridgehead atoms. The van der Waals surface area contributed by atoms with Gasteiger partial charge in [-0.3, -0.25) is 0 Å². The van der Waals surface area contributed by atoms with Crippen LogP contribution in [0.1, 0.15) is 27.4 Å². The first-order valence-electron chi connectivity index (χ1n) is 7.37. The summed E-state index contributed by atoms with van der Waals surface area (Å²) in [7, 11) is 0. The molecule has 0 saturated heterocycles. The van der Waals surface area contributed by atoms with E-state index in [2.05, 4.69) is 33.7 Å². The highest BCUT2D eigenvalue weighted by Crippen LogP contribution is 2.31. The van der Waals surface area contributed by atoms with E-state index < -0.39 is 0 Å². The van der Waals surface area contributed by atoms with Gasteiger partial charge in [0.05, 0.1) is 12.2 Å². The second kappa shape index (κ2) is 5.11. The molecule has 0 atom stereocenters. The van der Waals surface area contributed by atoms with Gasteiger partial charge in [-0.1, -0.05) is 24.3 Å². The van der Waals surface area contributed by atoms with E-state index in [1.165, 1.54) is 29.5 Å². The van der Waals surface area contributed by atoms with Crippen molar-refractivity contribution in [2.75, 3.05) is 5.32 Å². The molecule has 4 rings (SSSR count). The van der Waals surface area contributed by atoms with Gasteiger partial charge in [0.1, 0.15) is 0 Å². The van der Waals surface area contributed by atoms with Crippen LogP contribution in [0.15, 0.2) is 30.3 Å². The van der Waals surface area contributed by atoms with Crippen LogP contribution < -0.4 is 5.32 Å². The van der Waals surface area contributed by atoms with Crippen LogP contribution in [-0.4, -0.2) is 10.2 Å². The number of anilines is 1. The lowest BCUT2D eigenvalue weighted by Gasteiger charge is -2.08. The van der Waals surface area contributed by atoms with Crippen molar-refractivity contribution in [1.29, 1.82) is 0 Å². The second-order valence-corrected chi connectivity index (χ2v) is 6.77. The predicted octanol–water partition coefficient (Wildman–Crippen LogP) is 4.10. The van der Waals surface area contributed by atoms with Gasteiger partial charge in [-0.2, -0.15) is 5.10 Å². The summed E-state index contributed by atoms with van der Waals surface area (Å²) in [5.41, 5.74) is 2.53. The highest BCUT2D eigenvalue weighted by atomic mass is 32.1. The standard InChI is InChI=1S/C17H17N3S/c1-11-14-6-2-3-7-15(14)17(20-19-11)18-10-13-9-12-5-4-8-16(12)21-13/h2-3,6-7,9H,4-5,8,10H2,1H3,(H,18,20). The van der Waals surface area contributed by atoms with Crippen LogP contribution in [-0.2, 0) is 19.4 Å². The summed E-state index contributed by atoms with van der Waals surface area (Å²) in [6.07, 6.45) is 3.83. The Morgan fingerprint density at radius 2 is 2.00 bits per heavy atom. The topological polar surface area (TPSA) is 37.8 Å². The Labute approximate surface area is 128 Å². The van der Waals surface area contributed by atoms with Gasteiger partial charge in [0.25, 0.3) is 0 Å². The molecule has 4 heteroatoms. The highest BCUT2D eigenvalue weighted by Gasteiger charge is 2.15. The van der Waals surface area contributed by atoms with Crippen LogP contribution in [0, 0.1) is 6.92 Å². The van der Waals surface area contributed by atoms with E-state index in [0.29, 0.717) is 0 Å². The van der Waals surface area contributed by atoms with Gasteiger partial charge in [0, 0.05) is 20.5 Å². The molecule has 0 aliphatic heterocycles. The number of hydrogen-bond donors (Lipinski definition) is 1. The van der Waals surface area contributed by atoms with Gasteiger partial charge < -0.3 is 5.32 Å². The maximum Gasteiger partial charge on any atom is 0.156 e. The highest BCUT2D eigenvalue weighted by molar-refractivity contribution is 7.12. The summed E-state index contributed by atoms with van der Waals surface area (Å²) in [4.78, 5) is 2.97. The van der Waals surface area contributed by atoms with Crippen molar-refractivity contribution in [3.8, 4) is 0 Å². The van der Waals surface area contributed by atoms with E-state index in [4.69, 9.17) is 0 Å². The van der Waals surface area contributed by atoms with E-state index in [1.54, 1.807) is 10.4 Å². The molecule has 106 valence electrons. The fourth-order valence-electron chi connectivity index (χ4n) is 3.02. The normalized spacial score (nSPS) is 13.6. The minimum Gasteiger partial charge on any atom is -0.363 e. The van der Waals surface area contributed by atoms with E-state index in [-0.39, 0.29) is 0 Å². The molecular weight excluding hydrogens is 278 g/mol. The average molecular weight is 295 g/mol. The van der Waals surface area contributed by atoms with Crippen molar-refractivity contribution in [2.24, 2.45) is 0 Å². The largest absolute Gasteiger partial charge is 0.363 e. The fourth-order valence-corrected chi connectivity index (χ4v) is 4.22. The number of hydrogen-bond acceptors (Lipinski definition) is 4. The van der Waals surface area contributed by atoms with Crippen molar-refractivity contribution in [2.45, 2.75) is 32.7 Å². The third-order valence-corrected chi connectivity index (χ3v) is 5.34. The van der Waals surface area contributed by atoms with Gasteiger partial charge in [0.2, 0.25) is 0 Å². The number of fused-ring (bicyclic) bond motifs is 2. The molecular formula is C17H17N3S. The van der Waals surface area contributed by atoms with Gasteiger partial charge in [-0.05, 0) is 37.8 Å². The number of rotatable bonds is 3. The Morgan fingerprint density at radius 3 is 2.86 bits per heavy atom. The van der Waals surface area contributed by atoms with Crippen LogP contribution in [0.3, 0.4) is 0 Å². The second-order valence-electron chi connectivity index (χ2n) is 5.55. The zero-order valence-corrected chi connectivity index (χ0v) is 12.8. The van der Waals surface area contributed by atoms with E-state index >= 15 is 0 Å². The minimum absolute atomic E-state index is 0.833. The number of aromatic nitrogens is 2. The minimum atomic E-state index is 0.833. The third kappa shape index (κ3) is 2.29. The fraction of sp³-hybridized carbons (Fsp3) is 0.294. The molecule has 1 aromatic carbocycles. The lowest BCUT2D eigenvalue weighted by Crippen LogP contribution is -2.03. The van der Waals surface area contributed by atoms with E-state index in [9.17, 15) is 0 Å². The summed E-state index contributed by atoms with van der Waals surface area (Å²) in [6.45, 7) is 2.84. The van der Waals surface area contributed by atoms with Crippen molar-refractivity contribution in [3.63, 3.8) is 0 Å². The zero-order valence-electron chi connectivity index (χ0n) is 12.0. The molecule has 0 spiro atoms. The Kier molecular flexibility index (Phi) is 3.11. The molecule has 1 aliphatic carbocycles. The number of aryl methyl sites for hydroxylation is 3. The average Bonchev–Trinajstić information content (AvgIpc) is 3.08.